The third-order valence-electron chi connectivity index (χ3n) is 5.50. The number of carbonyl (C=O) groups excluding carboxylic acids is 3. The summed E-state index contributed by atoms with van der Waals surface area (Å²) in [5.74, 6) is -0.381. The second-order valence-corrected chi connectivity index (χ2v) is 9.80. The Morgan fingerprint density at radius 1 is 1.28 bits per heavy atom. The summed E-state index contributed by atoms with van der Waals surface area (Å²) in [7, 11) is 0. The molecule has 0 unspecified atom stereocenters. The first-order valence-corrected chi connectivity index (χ1v) is 11.7. The van der Waals surface area contributed by atoms with Crippen molar-refractivity contribution < 1.29 is 23.9 Å². The highest BCUT2D eigenvalue weighted by Crippen LogP contribution is 2.26. The summed E-state index contributed by atoms with van der Waals surface area (Å²) in [5.41, 5.74) is 0.160. The molecule has 10 nitrogen and oxygen atoms in total. The molecular formula is C21H30N4O6S. The number of piperidine rings is 1. The molecule has 1 atom stereocenters. The minimum atomic E-state index is -0.733. The third kappa shape index (κ3) is 5.62. The number of cyclic esters (lactones) is 1. The summed E-state index contributed by atoms with van der Waals surface area (Å²) in [6.45, 7) is 8.80. The highest BCUT2D eigenvalue weighted by atomic mass is 32.2. The minimum Gasteiger partial charge on any atom is -0.464 e. The van der Waals surface area contributed by atoms with Gasteiger partial charge in [-0.2, -0.15) is 0 Å². The van der Waals surface area contributed by atoms with Gasteiger partial charge in [0.2, 0.25) is 5.91 Å². The van der Waals surface area contributed by atoms with Crippen molar-refractivity contribution in [2.24, 2.45) is 0 Å². The largest absolute Gasteiger partial charge is 0.464 e. The van der Waals surface area contributed by atoms with Gasteiger partial charge in [0, 0.05) is 30.6 Å². The Hall–Kier alpha value is -2.56. The van der Waals surface area contributed by atoms with Gasteiger partial charge in [0.15, 0.2) is 11.2 Å². The number of ether oxygens (including phenoxy) is 2. The Balaban J connectivity index is 1.55. The molecule has 0 bridgehead atoms. The van der Waals surface area contributed by atoms with Crippen LogP contribution in [0, 0.1) is 0 Å². The van der Waals surface area contributed by atoms with Crippen molar-refractivity contribution in [3.63, 3.8) is 0 Å². The second kappa shape index (κ2) is 9.93. The van der Waals surface area contributed by atoms with Gasteiger partial charge in [-0.25, -0.2) is 14.6 Å². The lowest BCUT2D eigenvalue weighted by atomic mass is 9.92. The third-order valence-corrected chi connectivity index (χ3v) is 6.36. The number of aromatic nitrogens is 2. The summed E-state index contributed by atoms with van der Waals surface area (Å²) in [4.78, 5) is 59.3. The van der Waals surface area contributed by atoms with Crippen LogP contribution >= 0.6 is 11.8 Å². The highest BCUT2D eigenvalue weighted by molar-refractivity contribution is 7.99. The molecule has 2 amide bonds. The standard InChI is InChI=1S/C21H30N4O6S/c1-5-30-18(28)14-11-31-20(29)25(14)13-6-8-24(9-7-13)17(27)12-32-19-22-15(21(2,3)4)10-16(26)23-19/h10,13-14H,5-9,11-12H2,1-4H3,(H,22,23,26)/t14-/m0/s1. The first-order chi connectivity index (χ1) is 15.1. The number of hydrogen-bond acceptors (Lipinski definition) is 8. The molecule has 2 fully saturated rings. The zero-order valence-electron chi connectivity index (χ0n) is 18.9. The molecule has 3 rings (SSSR count). The number of rotatable bonds is 6. The Morgan fingerprint density at radius 3 is 2.59 bits per heavy atom. The lowest BCUT2D eigenvalue weighted by Crippen LogP contribution is -2.52. The molecule has 11 heteroatoms. The topological polar surface area (TPSA) is 122 Å². The molecule has 0 radical (unpaired) electrons. The summed E-state index contributed by atoms with van der Waals surface area (Å²) in [5, 5.41) is 0.419. The van der Waals surface area contributed by atoms with E-state index in [2.05, 4.69) is 9.97 Å². The number of H-pyrrole nitrogens is 1. The van der Waals surface area contributed by atoms with Gasteiger partial charge in [-0.1, -0.05) is 32.5 Å². The van der Waals surface area contributed by atoms with Gasteiger partial charge in [0.25, 0.3) is 5.56 Å². The fourth-order valence-corrected chi connectivity index (χ4v) is 4.54. The predicted molar refractivity (Wildman–Crippen MR) is 117 cm³/mol. The van der Waals surface area contributed by atoms with Gasteiger partial charge in [0.1, 0.15) is 6.61 Å². The summed E-state index contributed by atoms with van der Waals surface area (Å²) in [6, 6.07) is 0.560. The molecule has 1 N–H and O–H groups in total. The Bertz CT molecular complexity index is 920. The van der Waals surface area contributed by atoms with Gasteiger partial charge in [0.05, 0.1) is 18.1 Å². The average Bonchev–Trinajstić information content (AvgIpc) is 3.13. The number of aromatic amines is 1. The van der Waals surface area contributed by atoms with Crippen LogP contribution in [-0.4, -0.2) is 81.9 Å². The molecule has 176 valence electrons. The maximum atomic E-state index is 12.7. The molecule has 0 aliphatic carbocycles. The van der Waals surface area contributed by atoms with Crippen molar-refractivity contribution in [3.8, 4) is 0 Å². The van der Waals surface area contributed by atoms with E-state index in [1.165, 1.54) is 22.7 Å². The number of likely N-dealkylation sites (tertiary alicyclic amines) is 1. The fourth-order valence-electron chi connectivity index (χ4n) is 3.76. The van der Waals surface area contributed by atoms with E-state index in [4.69, 9.17) is 9.47 Å². The summed E-state index contributed by atoms with van der Waals surface area (Å²) in [6.07, 6.45) is 0.587. The maximum Gasteiger partial charge on any atom is 0.410 e. The Labute approximate surface area is 191 Å². The van der Waals surface area contributed by atoms with E-state index in [9.17, 15) is 19.2 Å². The molecule has 3 heterocycles. The van der Waals surface area contributed by atoms with E-state index in [1.54, 1.807) is 11.8 Å². The van der Waals surface area contributed by atoms with Crippen molar-refractivity contribution in [1.29, 1.82) is 0 Å². The zero-order valence-corrected chi connectivity index (χ0v) is 19.7. The number of esters is 1. The molecule has 0 spiro atoms. The SMILES string of the molecule is CCOC(=O)[C@@H]1COC(=O)N1C1CCN(C(=O)CSc2nc(C(C)(C)C)cc(=O)[nH]2)CC1. The van der Waals surface area contributed by atoms with Crippen LogP contribution < -0.4 is 5.56 Å². The first-order valence-electron chi connectivity index (χ1n) is 10.7. The molecule has 0 aromatic carbocycles. The number of thioether (sulfide) groups is 1. The van der Waals surface area contributed by atoms with Crippen LogP contribution in [0.3, 0.4) is 0 Å². The van der Waals surface area contributed by atoms with E-state index in [0.29, 0.717) is 36.8 Å². The van der Waals surface area contributed by atoms with Crippen LogP contribution in [0.15, 0.2) is 16.0 Å². The average molecular weight is 467 g/mol. The van der Waals surface area contributed by atoms with Crippen LogP contribution in [0.4, 0.5) is 4.79 Å². The molecular weight excluding hydrogens is 436 g/mol. The van der Waals surface area contributed by atoms with Crippen molar-refractivity contribution in [1.82, 2.24) is 19.8 Å². The van der Waals surface area contributed by atoms with E-state index >= 15 is 0 Å². The van der Waals surface area contributed by atoms with Gasteiger partial charge in [-0.3, -0.25) is 14.5 Å². The molecule has 32 heavy (non-hydrogen) atoms. The smallest absolute Gasteiger partial charge is 0.410 e. The number of amides is 2. The number of nitrogens with zero attached hydrogens (tertiary/aromatic N) is 3. The van der Waals surface area contributed by atoms with E-state index < -0.39 is 18.1 Å². The lowest BCUT2D eigenvalue weighted by molar-refractivity contribution is -0.148. The minimum absolute atomic E-state index is 0.00766. The van der Waals surface area contributed by atoms with Crippen LogP contribution in [0.5, 0.6) is 0 Å². The summed E-state index contributed by atoms with van der Waals surface area (Å²) < 4.78 is 10.1. The Morgan fingerprint density at radius 2 is 1.97 bits per heavy atom. The normalized spacial score (nSPS) is 19.8. The maximum absolute atomic E-state index is 12.7. The lowest BCUT2D eigenvalue weighted by Gasteiger charge is -2.37. The molecule has 2 saturated heterocycles. The van der Waals surface area contributed by atoms with Gasteiger partial charge in [-0.15, -0.1) is 0 Å². The van der Waals surface area contributed by atoms with Crippen molar-refractivity contribution >= 4 is 29.7 Å². The van der Waals surface area contributed by atoms with E-state index in [1.807, 2.05) is 20.8 Å². The van der Waals surface area contributed by atoms with Crippen LogP contribution in [0.25, 0.3) is 0 Å². The number of carbonyl (C=O) groups is 3. The fraction of sp³-hybridized carbons (Fsp3) is 0.667. The molecule has 2 aliphatic heterocycles. The monoisotopic (exact) mass is 466 g/mol. The molecule has 1 aromatic rings. The number of nitrogens with one attached hydrogen (secondary N) is 1. The summed E-state index contributed by atoms with van der Waals surface area (Å²) >= 11 is 1.20. The quantitative estimate of drug-likeness (QED) is 0.381. The Kier molecular flexibility index (Phi) is 7.47. The van der Waals surface area contributed by atoms with Crippen LogP contribution in [-0.2, 0) is 24.5 Å². The number of hydrogen-bond donors (Lipinski definition) is 1. The van der Waals surface area contributed by atoms with Crippen molar-refractivity contribution in [3.05, 3.63) is 22.1 Å². The van der Waals surface area contributed by atoms with E-state index in [0.717, 1.165) is 0 Å². The first kappa shape index (κ1) is 24.1. The van der Waals surface area contributed by atoms with Gasteiger partial charge < -0.3 is 19.4 Å². The van der Waals surface area contributed by atoms with Crippen LogP contribution in [0.2, 0.25) is 0 Å². The zero-order chi connectivity index (χ0) is 23.5. The molecule has 1 aromatic heterocycles. The molecule has 2 aliphatic rings. The van der Waals surface area contributed by atoms with Crippen molar-refractivity contribution in [2.45, 2.75) is 63.2 Å². The highest BCUT2D eigenvalue weighted by Gasteiger charge is 2.44. The van der Waals surface area contributed by atoms with E-state index in [-0.39, 0.29) is 41.9 Å². The predicted octanol–water partition coefficient (Wildman–Crippen LogP) is 1.53. The second-order valence-electron chi connectivity index (χ2n) is 8.84. The van der Waals surface area contributed by atoms with Gasteiger partial charge in [-0.05, 0) is 19.8 Å². The van der Waals surface area contributed by atoms with Gasteiger partial charge >= 0.3 is 12.1 Å². The molecule has 0 saturated carbocycles. The van der Waals surface area contributed by atoms with Crippen LogP contribution in [0.1, 0.15) is 46.2 Å². The van der Waals surface area contributed by atoms with Crippen molar-refractivity contribution in [2.75, 3.05) is 32.1 Å².